The van der Waals surface area contributed by atoms with E-state index >= 15 is 0 Å². The van der Waals surface area contributed by atoms with Crippen molar-refractivity contribution in [3.05, 3.63) is 122 Å². The highest BCUT2D eigenvalue weighted by molar-refractivity contribution is 7.90. The van der Waals surface area contributed by atoms with Gasteiger partial charge in [0, 0.05) is 75.1 Å². The summed E-state index contributed by atoms with van der Waals surface area (Å²) in [5.74, 6) is -0.0666. The Bertz CT molecular complexity index is 2630. The van der Waals surface area contributed by atoms with E-state index in [-0.39, 0.29) is 33.7 Å². The largest absolute Gasteiger partial charge is 0.455 e. The molecular weight excluding hydrogens is 864 g/mol. The predicted molar refractivity (Wildman–Crippen MR) is 254 cm³/mol. The molecule has 2 N–H and O–H groups in total. The van der Waals surface area contributed by atoms with Gasteiger partial charge >= 0.3 is 0 Å². The number of allylic oxidation sites excluding steroid dienone is 2. The number of piperazine rings is 1. The van der Waals surface area contributed by atoms with Crippen LogP contribution >= 0.6 is 11.6 Å². The fourth-order valence-corrected chi connectivity index (χ4v) is 11.3. The summed E-state index contributed by atoms with van der Waals surface area (Å²) in [4.78, 5) is 34.5. The number of nitrogens with zero attached hydrogens (tertiary/aromatic N) is 4. The van der Waals surface area contributed by atoms with Crippen molar-refractivity contribution in [3.8, 4) is 11.5 Å². The van der Waals surface area contributed by atoms with Crippen LogP contribution in [0, 0.1) is 21.4 Å². The number of anilines is 2. The topological polar surface area (TPSA) is 156 Å². The number of halogens is 1. The van der Waals surface area contributed by atoms with Gasteiger partial charge < -0.3 is 19.7 Å². The molecule has 0 bridgehead atoms. The van der Waals surface area contributed by atoms with Crippen LogP contribution in [0.1, 0.15) is 98.8 Å². The van der Waals surface area contributed by atoms with Gasteiger partial charge in [-0.25, -0.2) is 13.1 Å². The number of fused-ring (bicyclic) bond motifs is 1. The summed E-state index contributed by atoms with van der Waals surface area (Å²) in [6, 6.07) is 18.8. The number of ether oxygens (including phenoxy) is 2. The van der Waals surface area contributed by atoms with Gasteiger partial charge in [0.2, 0.25) is 0 Å². The van der Waals surface area contributed by atoms with Crippen molar-refractivity contribution in [1.82, 2.24) is 14.6 Å². The molecule has 1 amide bonds. The molecule has 3 fully saturated rings. The molecule has 0 radical (unpaired) electrons. The van der Waals surface area contributed by atoms with Gasteiger partial charge in [-0.15, -0.1) is 0 Å². The number of carbonyl (C=O) groups excluding carboxylic acids is 1. The van der Waals surface area contributed by atoms with Gasteiger partial charge in [-0.1, -0.05) is 55.3 Å². The highest BCUT2D eigenvalue weighted by Gasteiger charge is 2.39. The van der Waals surface area contributed by atoms with E-state index in [4.69, 9.17) is 21.1 Å². The van der Waals surface area contributed by atoms with Crippen LogP contribution in [-0.4, -0.2) is 80.6 Å². The first-order chi connectivity index (χ1) is 31.2. The van der Waals surface area contributed by atoms with Crippen LogP contribution in [0.15, 0.2) is 89.5 Å². The Morgan fingerprint density at radius 3 is 2.52 bits per heavy atom. The van der Waals surface area contributed by atoms with Crippen LogP contribution in [0.4, 0.5) is 17.1 Å². The van der Waals surface area contributed by atoms with Crippen LogP contribution in [0.2, 0.25) is 5.02 Å². The fourth-order valence-electron chi connectivity index (χ4n) is 10.2. The van der Waals surface area contributed by atoms with Crippen molar-refractivity contribution in [2.24, 2.45) is 11.3 Å². The molecule has 3 aromatic carbocycles. The first-order valence-corrected chi connectivity index (χ1v) is 24.7. The molecule has 5 aliphatic rings. The standard InChI is InChI=1S/C50H57ClN6O7S/c1-49(2)19-17-37(43(30-49)35-7-9-38(51)10-8-35)33-55-22-24-56(25-23-55)39-11-13-42(47(28-39)64-40-27-36-5-3-6-44(36)53-32-40)48(58)54-65(61,62)41-12-14-45(46(29-41)57(59)60)52-31-34-15-20-50(21-16-34)18-4-26-63-50/h3,5,7-14,27-29,32,34,52H,4,6,15-26,30-31,33H2,1-2H3,(H,54,58). The summed E-state index contributed by atoms with van der Waals surface area (Å²) in [6.45, 7) is 10.0. The van der Waals surface area contributed by atoms with Crippen LogP contribution in [0.5, 0.6) is 11.5 Å². The van der Waals surface area contributed by atoms with Gasteiger partial charge in [-0.3, -0.25) is 24.8 Å². The SMILES string of the molecule is CC1(C)CCC(CN2CCN(c3ccc(C(=O)NS(=O)(=O)c4ccc(NCC5CCC6(CCCO6)CC5)c([N+](=O)[O-])c4)c(Oc4cnc5c(c4)C=CC5)c3)CC2)=C(c2ccc(Cl)cc2)C1. The van der Waals surface area contributed by atoms with Crippen LogP contribution < -0.4 is 19.7 Å². The number of nitrogens with one attached hydrogen (secondary N) is 2. The molecular formula is C50H57ClN6O7S. The van der Waals surface area contributed by atoms with Crippen molar-refractivity contribution < 1.29 is 27.6 Å². The van der Waals surface area contributed by atoms with Gasteiger partial charge in [0.15, 0.2) is 0 Å². The normalized spacial score (nSPS) is 22.0. The van der Waals surface area contributed by atoms with E-state index in [2.05, 4.69) is 50.8 Å². The molecule has 2 saturated heterocycles. The minimum absolute atomic E-state index is 0.0138. The lowest BCUT2D eigenvalue weighted by Gasteiger charge is -2.39. The Hall–Kier alpha value is -5.28. The zero-order valence-corrected chi connectivity index (χ0v) is 38.7. The van der Waals surface area contributed by atoms with Crippen LogP contribution in [0.3, 0.4) is 0 Å². The van der Waals surface area contributed by atoms with E-state index in [1.807, 2.05) is 30.4 Å². The second kappa shape index (κ2) is 18.5. The summed E-state index contributed by atoms with van der Waals surface area (Å²) in [7, 11) is -4.55. The molecule has 3 aliphatic carbocycles. The Labute approximate surface area is 386 Å². The molecule has 2 aliphatic heterocycles. The summed E-state index contributed by atoms with van der Waals surface area (Å²) in [5, 5.41) is 16.2. The molecule has 342 valence electrons. The summed E-state index contributed by atoms with van der Waals surface area (Å²) in [5.41, 5.74) is 6.81. The second-order valence-electron chi connectivity index (χ2n) is 19.1. The molecule has 3 heterocycles. The fraction of sp³-hybridized carbons (Fsp3) is 0.440. The summed E-state index contributed by atoms with van der Waals surface area (Å²) in [6.07, 6.45) is 15.5. The Morgan fingerprint density at radius 1 is 1.00 bits per heavy atom. The number of pyridine rings is 1. The Kier molecular flexibility index (Phi) is 12.8. The number of carbonyl (C=O) groups is 1. The van der Waals surface area contributed by atoms with Gasteiger partial charge in [0.05, 0.1) is 32.9 Å². The summed E-state index contributed by atoms with van der Waals surface area (Å²) < 4.78 is 42.2. The summed E-state index contributed by atoms with van der Waals surface area (Å²) >= 11 is 6.25. The van der Waals surface area contributed by atoms with E-state index in [0.29, 0.717) is 24.6 Å². The number of hydrogen-bond acceptors (Lipinski definition) is 11. The number of nitro benzene ring substituents is 1. The van der Waals surface area contributed by atoms with E-state index in [1.54, 1.807) is 24.4 Å². The number of sulfonamides is 1. The number of nitro groups is 1. The lowest BCUT2D eigenvalue weighted by atomic mass is 9.72. The van der Waals surface area contributed by atoms with Gasteiger partial charge in [-0.05, 0) is 128 Å². The number of hydrogen-bond donors (Lipinski definition) is 2. The highest BCUT2D eigenvalue weighted by Crippen LogP contribution is 2.44. The van der Waals surface area contributed by atoms with Crippen molar-refractivity contribution in [2.45, 2.75) is 88.6 Å². The van der Waals surface area contributed by atoms with Gasteiger partial charge in [-0.2, -0.15) is 0 Å². The average Bonchev–Trinajstić information content (AvgIpc) is 3.96. The Morgan fingerprint density at radius 2 is 1.78 bits per heavy atom. The Balaban J connectivity index is 0.903. The third-order valence-corrected chi connectivity index (χ3v) is 15.6. The van der Waals surface area contributed by atoms with Crippen molar-refractivity contribution in [2.75, 3.05) is 56.1 Å². The van der Waals surface area contributed by atoms with Crippen LogP contribution in [0.25, 0.3) is 11.6 Å². The number of amides is 1. The minimum atomic E-state index is -4.55. The predicted octanol–water partition coefficient (Wildman–Crippen LogP) is 10.1. The lowest BCUT2D eigenvalue weighted by molar-refractivity contribution is -0.384. The highest BCUT2D eigenvalue weighted by atomic mass is 35.5. The first-order valence-electron chi connectivity index (χ1n) is 22.9. The molecule has 1 aromatic heterocycles. The van der Waals surface area contributed by atoms with E-state index in [0.717, 1.165) is 125 Å². The smallest absolute Gasteiger partial charge is 0.293 e. The quantitative estimate of drug-likeness (QED) is 0.0972. The maximum atomic E-state index is 14.0. The molecule has 1 spiro atoms. The zero-order chi connectivity index (χ0) is 45.3. The van der Waals surface area contributed by atoms with E-state index in [9.17, 15) is 23.3 Å². The van der Waals surface area contributed by atoms with Gasteiger partial charge in [0.1, 0.15) is 17.2 Å². The molecule has 9 rings (SSSR count). The van der Waals surface area contributed by atoms with Crippen molar-refractivity contribution in [3.63, 3.8) is 0 Å². The monoisotopic (exact) mass is 920 g/mol. The molecule has 0 unspecified atom stereocenters. The molecule has 15 heteroatoms. The van der Waals surface area contributed by atoms with Gasteiger partial charge in [0.25, 0.3) is 21.6 Å². The molecule has 4 aromatic rings. The third-order valence-electron chi connectivity index (χ3n) is 14.0. The van der Waals surface area contributed by atoms with E-state index in [1.165, 1.54) is 28.8 Å². The first kappa shape index (κ1) is 44.9. The van der Waals surface area contributed by atoms with E-state index < -0.39 is 25.7 Å². The molecule has 1 saturated carbocycles. The van der Waals surface area contributed by atoms with Crippen molar-refractivity contribution >= 4 is 56.2 Å². The molecule has 0 atom stereocenters. The average molecular weight is 922 g/mol. The second-order valence-corrected chi connectivity index (χ2v) is 21.2. The number of aromatic nitrogens is 1. The molecule has 13 nitrogen and oxygen atoms in total. The number of rotatable bonds is 13. The maximum Gasteiger partial charge on any atom is 0.293 e. The van der Waals surface area contributed by atoms with Crippen LogP contribution in [-0.2, 0) is 21.2 Å². The lowest BCUT2D eigenvalue weighted by Crippen LogP contribution is -2.47. The zero-order valence-electron chi connectivity index (χ0n) is 37.1. The minimum Gasteiger partial charge on any atom is -0.455 e. The number of benzene rings is 3. The maximum absolute atomic E-state index is 14.0. The van der Waals surface area contributed by atoms with Crippen molar-refractivity contribution in [1.29, 1.82) is 0 Å². The molecule has 65 heavy (non-hydrogen) atoms. The third kappa shape index (κ3) is 10.3.